The molecule has 6 heteroatoms. The standard InChI is InChI=1S/C18H26N4OS/c1-21(2)9-12-24-18-16(13-19)14-5-3-4-6-15(14)17(20-18)22-7-10-23-11-8-22/h3-12H2,1-2H3/p+2. The molecule has 1 aliphatic heterocycles. The number of nitriles is 1. The number of morpholine rings is 1. The minimum atomic E-state index is 0.787. The van der Waals surface area contributed by atoms with E-state index in [1.807, 2.05) is 0 Å². The number of nitrogens with one attached hydrogen (secondary N) is 2. The number of quaternary nitrogens is 1. The lowest BCUT2D eigenvalue weighted by molar-refractivity contribution is -0.855. The Balaban J connectivity index is 1.96. The van der Waals surface area contributed by atoms with Crippen molar-refractivity contribution in [3.8, 4) is 6.07 Å². The molecule has 0 saturated carbocycles. The van der Waals surface area contributed by atoms with Crippen LogP contribution in [0.4, 0.5) is 5.82 Å². The summed E-state index contributed by atoms with van der Waals surface area (Å²) in [5.74, 6) is 2.26. The van der Waals surface area contributed by atoms with Crippen LogP contribution in [0.5, 0.6) is 0 Å². The molecule has 2 aliphatic rings. The number of rotatable bonds is 5. The SMILES string of the molecule is C[NH+](C)CCSc1[nH+]c(N2CCOCC2)c2c(c1C#N)CCCC2. The molecule has 3 rings (SSSR count). The van der Waals surface area contributed by atoms with Gasteiger partial charge in [0.2, 0.25) is 0 Å². The molecule has 1 aromatic rings. The molecule has 5 nitrogen and oxygen atoms in total. The molecule has 0 radical (unpaired) electrons. The highest BCUT2D eigenvalue weighted by Gasteiger charge is 2.30. The quantitative estimate of drug-likeness (QED) is 0.779. The fourth-order valence-corrected chi connectivity index (χ4v) is 4.66. The predicted molar refractivity (Wildman–Crippen MR) is 95.8 cm³/mol. The van der Waals surface area contributed by atoms with Crippen LogP contribution in [0.1, 0.15) is 29.5 Å². The number of nitrogens with zero attached hydrogens (tertiary/aromatic N) is 2. The third-order valence-corrected chi connectivity index (χ3v) is 5.81. The van der Waals surface area contributed by atoms with Gasteiger partial charge in [-0.2, -0.15) is 5.26 Å². The predicted octanol–water partition coefficient (Wildman–Crippen LogP) is 0.324. The first-order chi connectivity index (χ1) is 11.7. The Morgan fingerprint density at radius 1 is 1.21 bits per heavy atom. The van der Waals surface area contributed by atoms with Crippen LogP contribution in [0.3, 0.4) is 0 Å². The number of fused-ring (bicyclic) bond motifs is 1. The second-order valence-corrected chi connectivity index (χ2v) is 7.96. The summed E-state index contributed by atoms with van der Waals surface area (Å²) < 4.78 is 5.52. The van der Waals surface area contributed by atoms with Crippen LogP contribution < -0.4 is 14.8 Å². The molecular formula is C18H28N4OS+2. The van der Waals surface area contributed by atoms with Crippen molar-refractivity contribution in [1.29, 1.82) is 5.26 Å². The Morgan fingerprint density at radius 3 is 2.58 bits per heavy atom. The van der Waals surface area contributed by atoms with Gasteiger partial charge in [-0.25, -0.2) is 4.98 Å². The second-order valence-electron chi connectivity index (χ2n) is 6.86. The van der Waals surface area contributed by atoms with Gasteiger partial charge in [-0.1, -0.05) is 11.8 Å². The van der Waals surface area contributed by atoms with E-state index in [0.29, 0.717) is 0 Å². The highest BCUT2D eigenvalue weighted by molar-refractivity contribution is 7.99. The third-order valence-electron chi connectivity index (χ3n) is 4.80. The molecule has 0 unspecified atom stereocenters. The number of aromatic amines is 1. The largest absolute Gasteiger partial charge is 0.373 e. The molecule has 1 aromatic heterocycles. The van der Waals surface area contributed by atoms with E-state index in [1.54, 1.807) is 11.8 Å². The number of pyridine rings is 1. The fourth-order valence-electron chi connectivity index (χ4n) is 3.47. The van der Waals surface area contributed by atoms with Crippen molar-refractivity contribution in [2.24, 2.45) is 0 Å². The van der Waals surface area contributed by atoms with Gasteiger partial charge in [-0.05, 0) is 31.2 Å². The molecule has 2 N–H and O–H groups in total. The summed E-state index contributed by atoms with van der Waals surface area (Å²) >= 11 is 1.79. The van der Waals surface area contributed by atoms with Crippen LogP contribution in [0.15, 0.2) is 5.03 Å². The number of aromatic nitrogens is 1. The van der Waals surface area contributed by atoms with Gasteiger partial charge in [-0.15, -0.1) is 0 Å². The molecule has 1 aliphatic carbocycles. The van der Waals surface area contributed by atoms with Crippen LogP contribution >= 0.6 is 11.8 Å². The number of H-pyrrole nitrogens is 1. The molecule has 24 heavy (non-hydrogen) atoms. The van der Waals surface area contributed by atoms with Crippen LogP contribution in [0.2, 0.25) is 0 Å². The van der Waals surface area contributed by atoms with Crippen molar-refractivity contribution < 1.29 is 14.6 Å². The van der Waals surface area contributed by atoms with Crippen LogP contribution in [0, 0.1) is 11.3 Å². The number of hydrogen-bond donors (Lipinski definition) is 1. The number of thioether (sulfide) groups is 1. The Bertz CT molecular complexity index is 620. The lowest BCUT2D eigenvalue weighted by Gasteiger charge is -2.26. The van der Waals surface area contributed by atoms with Crippen LogP contribution in [-0.2, 0) is 17.6 Å². The summed E-state index contributed by atoms with van der Waals surface area (Å²) in [5, 5.41) is 10.8. The Hall–Kier alpha value is -1.29. The maximum atomic E-state index is 9.76. The highest BCUT2D eigenvalue weighted by atomic mass is 32.2. The van der Waals surface area contributed by atoms with Gasteiger partial charge in [0.15, 0.2) is 5.03 Å². The van der Waals surface area contributed by atoms with E-state index in [2.05, 4.69) is 30.0 Å². The molecule has 1 fully saturated rings. The summed E-state index contributed by atoms with van der Waals surface area (Å²) in [4.78, 5) is 7.49. The molecular weight excluding hydrogens is 320 g/mol. The van der Waals surface area contributed by atoms with E-state index in [9.17, 15) is 5.26 Å². The van der Waals surface area contributed by atoms with Crippen LogP contribution in [0.25, 0.3) is 0 Å². The Kier molecular flexibility index (Phi) is 5.99. The molecule has 130 valence electrons. The van der Waals surface area contributed by atoms with E-state index >= 15 is 0 Å². The van der Waals surface area contributed by atoms with Gasteiger partial charge < -0.3 is 9.64 Å². The topological polar surface area (TPSA) is 54.8 Å². The van der Waals surface area contributed by atoms with Gasteiger partial charge >= 0.3 is 0 Å². The molecule has 0 spiro atoms. The van der Waals surface area contributed by atoms with Crippen molar-refractivity contribution in [2.45, 2.75) is 30.7 Å². The Labute approximate surface area is 149 Å². The first-order valence-electron chi connectivity index (χ1n) is 8.96. The summed E-state index contributed by atoms with van der Waals surface area (Å²) in [6, 6.07) is 2.49. The van der Waals surface area contributed by atoms with Gasteiger partial charge in [0.25, 0.3) is 5.82 Å². The fraction of sp³-hybridized carbons (Fsp3) is 0.667. The molecule has 1 saturated heterocycles. The normalized spacial score (nSPS) is 17.7. The summed E-state index contributed by atoms with van der Waals surface area (Å²) in [5.41, 5.74) is 3.56. The van der Waals surface area contributed by atoms with Crippen molar-refractivity contribution in [3.63, 3.8) is 0 Å². The molecule has 0 amide bonds. The summed E-state index contributed by atoms with van der Waals surface area (Å²) in [6.45, 7) is 4.53. The van der Waals surface area contributed by atoms with Crippen molar-refractivity contribution in [2.75, 3.05) is 57.6 Å². The number of anilines is 1. The lowest BCUT2D eigenvalue weighted by atomic mass is 9.89. The molecule has 2 heterocycles. The average Bonchev–Trinajstić information content (AvgIpc) is 2.61. The van der Waals surface area contributed by atoms with E-state index in [4.69, 9.17) is 4.74 Å². The Morgan fingerprint density at radius 2 is 1.92 bits per heavy atom. The van der Waals surface area contributed by atoms with E-state index < -0.39 is 0 Å². The molecule has 0 bridgehead atoms. The maximum absolute atomic E-state index is 9.76. The first kappa shape index (κ1) is 17.5. The first-order valence-corrected chi connectivity index (χ1v) is 9.95. The second kappa shape index (κ2) is 8.19. The zero-order chi connectivity index (χ0) is 16.9. The van der Waals surface area contributed by atoms with E-state index in [-0.39, 0.29) is 0 Å². The van der Waals surface area contributed by atoms with Gasteiger partial charge in [0, 0.05) is 5.56 Å². The van der Waals surface area contributed by atoms with Gasteiger partial charge in [0.05, 0.1) is 39.6 Å². The molecule has 0 atom stereocenters. The van der Waals surface area contributed by atoms with Crippen LogP contribution in [-0.4, -0.2) is 52.7 Å². The van der Waals surface area contributed by atoms with Crippen molar-refractivity contribution in [1.82, 2.24) is 0 Å². The monoisotopic (exact) mass is 348 g/mol. The van der Waals surface area contributed by atoms with Crippen molar-refractivity contribution >= 4 is 17.6 Å². The minimum Gasteiger partial charge on any atom is -0.373 e. The maximum Gasteiger partial charge on any atom is 0.278 e. The van der Waals surface area contributed by atoms with E-state index in [0.717, 1.165) is 62.0 Å². The average molecular weight is 349 g/mol. The highest BCUT2D eigenvalue weighted by Crippen LogP contribution is 2.33. The van der Waals surface area contributed by atoms with Gasteiger partial charge in [-0.3, -0.25) is 4.90 Å². The third kappa shape index (κ3) is 3.85. The summed E-state index contributed by atoms with van der Waals surface area (Å²) in [6.07, 6.45) is 4.54. The zero-order valence-corrected chi connectivity index (χ0v) is 15.6. The smallest absolute Gasteiger partial charge is 0.278 e. The summed E-state index contributed by atoms with van der Waals surface area (Å²) in [7, 11) is 4.34. The lowest BCUT2D eigenvalue weighted by Crippen LogP contribution is -3.06. The van der Waals surface area contributed by atoms with Crippen molar-refractivity contribution in [3.05, 3.63) is 16.7 Å². The number of ether oxygens (including phenoxy) is 1. The molecule has 0 aromatic carbocycles. The minimum absolute atomic E-state index is 0.787. The van der Waals surface area contributed by atoms with Gasteiger partial charge in [0.1, 0.15) is 24.7 Å². The zero-order valence-electron chi connectivity index (χ0n) is 14.8. The number of hydrogen-bond acceptors (Lipinski definition) is 4. The van der Waals surface area contributed by atoms with E-state index in [1.165, 1.54) is 34.7 Å².